The molecule has 1 aromatic carbocycles. The Labute approximate surface area is 135 Å². The maximum atomic E-state index is 13.3. The Bertz CT molecular complexity index is 811. The minimum absolute atomic E-state index is 0.255. The fourth-order valence-electron chi connectivity index (χ4n) is 2.28. The van der Waals surface area contributed by atoms with Crippen LogP contribution in [0.15, 0.2) is 36.5 Å². The molecule has 0 fully saturated rings. The summed E-state index contributed by atoms with van der Waals surface area (Å²) >= 11 is 6.98. The number of thiophene rings is 1. The normalized spacial score (nSPS) is 11.0. The van der Waals surface area contributed by atoms with Crippen molar-refractivity contribution in [2.75, 3.05) is 6.61 Å². The first-order valence-electron chi connectivity index (χ1n) is 6.81. The van der Waals surface area contributed by atoms with Crippen molar-refractivity contribution in [2.45, 2.75) is 12.8 Å². The summed E-state index contributed by atoms with van der Waals surface area (Å²) in [6.07, 6.45) is 3.25. The highest BCUT2D eigenvalue weighted by molar-refractivity contribution is 7.17. The molecule has 0 unspecified atom stereocenters. The second-order valence-electron chi connectivity index (χ2n) is 4.85. The van der Waals surface area contributed by atoms with E-state index in [2.05, 4.69) is 4.98 Å². The Balaban J connectivity index is 1.54. The zero-order valence-corrected chi connectivity index (χ0v) is 13.1. The van der Waals surface area contributed by atoms with Gasteiger partial charge in [-0.3, -0.25) is 0 Å². The van der Waals surface area contributed by atoms with Crippen LogP contribution in [0.3, 0.4) is 0 Å². The van der Waals surface area contributed by atoms with Crippen LogP contribution in [0.5, 0.6) is 0 Å². The summed E-state index contributed by atoms with van der Waals surface area (Å²) in [5, 5.41) is 0.872. The van der Waals surface area contributed by atoms with Gasteiger partial charge in [-0.1, -0.05) is 11.6 Å². The first-order valence-corrected chi connectivity index (χ1v) is 8.01. The number of aryl methyl sites for hydroxylation is 1. The average Bonchev–Trinajstić information content (AvgIpc) is 3.10. The molecule has 22 heavy (non-hydrogen) atoms. The van der Waals surface area contributed by atoms with Crippen molar-refractivity contribution in [3.63, 3.8) is 0 Å². The Morgan fingerprint density at radius 3 is 2.95 bits per heavy atom. The number of hydrogen-bond donors (Lipinski definition) is 1. The van der Waals surface area contributed by atoms with Crippen LogP contribution in [0.1, 0.15) is 21.7 Å². The van der Waals surface area contributed by atoms with Crippen molar-refractivity contribution < 1.29 is 13.9 Å². The topological polar surface area (TPSA) is 42.1 Å². The number of fused-ring (bicyclic) bond motifs is 1. The van der Waals surface area contributed by atoms with Crippen molar-refractivity contribution >= 4 is 39.8 Å². The Kier molecular flexibility index (Phi) is 4.45. The quantitative estimate of drug-likeness (QED) is 0.536. The van der Waals surface area contributed by atoms with Crippen LogP contribution in [-0.2, 0) is 11.2 Å². The summed E-state index contributed by atoms with van der Waals surface area (Å²) in [7, 11) is 0. The molecule has 2 aromatic heterocycles. The second-order valence-corrected chi connectivity index (χ2v) is 6.56. The standard InChI is InChI=1S/C16H13ClFNO2S/c17-15-6-5-14(22-15)16(20)21-7-1-2-10-9-19-13-4-3-11(18)8-12(10)13/h3-6,8-9,19H,1-2,7H2. The minimum Gasteiger partial charge on any atom is -0.461 e. The van der Waals surface area contributed by atoms with E-state index in [0.29, 0.717) is 28.7 Å². The molecule has 0 aliphatic heterocycles. The van der Waals surface area contributed by atoms with E-state index in [4.69, 9.17) is 16.3 Å². The van der Waals surface area contributed by atoms with Crippen LogP contribution in [-0.4, -0.2) is 17.6 Å². The molecule has 3 aromatic rings. The summed E-state index contributed by atoms with van der Waals surface area (Å²) in [5.74, 6) is -0.615. The number of benzene rings is 1. The maximum absolute atomic E-state index is 13.3. The highest BCUT2D eigenvalue weighted by Gasteiger charge is 2.10. The fraction of sp³-hybridized carbons (Fsp3) is 0.188. The molecule has 6 heteroatoms. The average molecular weight is 338 g/mol. The number of carbonyl (C=O) groups excluding carboxylic acids is 1. The van der Waals surface area contributed by atoms with Crippen LogP contribution >= 0.6 is 22.9 Å². The Morgan fingerprint density at radius 1 is 1.32 bits per heavy atom. The van der Waals surface area contributed by atoms with Crippen molar-refractivity contribution in [2.24, 2.45) is 0 Å². The highest BCUT2D eigenvalue weighted by Crippen LogP contribution is 2.23. The van der Waals surface area contributed by atoms with E-state index in [9.17, 15) is 9.18 Å². The number of esters is 1. The molecule has 0 spiro atoms. The molecule has 0 atom stereocenters. The van der Waals surface area contributed by atoms with Crippen LogP contribution in [0.4, 0.5) is 4.39 Å². The number of halogens is 2. The highest BCUT2D eigenvalue weighted by atomic mass is 35.5. The second kappa shape index (κ2) is 6.50. The molecule has 1 N–H and O–H groups in total. The summed E-state index contributed by atoms with van der Waals surface area (Å²) in [6, 6.07) is 7.98. The number of aromatic amines is 1. The zero-order chi connectivity index (χ0) is 15.5. The number of rotatable bonds is 5. The van der Waals surface area contributed by atoms with Gasteiger partial charge in [0.15, 0.2) is 0 Å². The Morgan fingerprint density at radius 2 is 2.18 bits per heavy atom. The molecule has 0 aliphatic carbocycles. The number of aromatic nitrogens is 1. The third-order valence-electron chi connectivity index (χ3n) is 3.33. The van der Waals surface area contributed by atoms with Gasteiger partial charge < -0.3 is 9.72 Å². The number of nitrogens with one attached hydrogen (secondary N) is 1. The zero-order valence-electron chi connectivity index (χ0n) is 11.6. The molecule has 3 rings (SSSR count). The summed E-state index contributed by atoms with van der Waals surface area (Å²) < 4.78 is 19.1. The minimum atomic E-state index is -0.359. The van der Waals surface area contributed by atoms with Gasteiger partial charge in [0.1, 0.15) is 10.7 Å². The van der Waals surface area contributed by atoms with Gasteiger partial charge in [0.2, 0.25) is 0 Å². The van der Waals surface area contributed by atoms with Crippen molar-refractivity contribution in [1.29, 1.82) is 0 Å². The molecular weight excluding hydrogens is 325 g/mol. The van der Waals surface area contributed by atoms with E-state index in [0.717, 1.165) is 16.5 Å². The third-order valence-corrected chi connectivity index (χ3v) is 4.54. The van der Waals surface area contributed by atoms with Crippen LogP contribution < -0.4 is 0 Å². The molecule has 3 nitrogen and oxygen atoms in total. The van der Waals surface area contributed by atoms with Gasteiger partial charge in [0.05, 0.1) is 10.9 Å². The van der Waals surface area contributed by atoms with Gasteiger partial charge in [-0.2, -0.15) is 0 Å². The van der Waals surface area contributed by atoms with Crippen molar-refractivity contribution in [1.82, 2.24) is 4.98 Å². The predicted octanol–water partition coefficient (Wildman–Crippen LogP) is 4.81. The summed E-state index contributed by atoms with van der Waals surface area (Å²) in [5.41, 5.74) is 1.92. The molecule has 0 saturated heterocycles. The maximum Gasteiger partial charge on any atom is 0.348 e. The molecule has 0 amide bonds. The van der Waals surface area contributed by atoms with Crippen molar-refractivity contribution in [3.8, 4) is 0 Å². The fourth-order valence-corrected chi connectivity index (χ4v) is 3.22. The van der Waals surface area contributed by atoms with Gasteiger partial charge in [0.25, 0.3) is 0 Å². The largest absolute Gasteiger partial charge is 0.461 e. The summed E-state index contributed by atoms with van der Waals surface area (Å²) in [6.45, 7) is 0.316. The number of ether oxygens (including phenoxy) is 1. The van der Waals surface area contributed by atoms with Crippen LogP contribution in [0.25, 0.3) is 10.9 Å². The monoisotopic (exact) mass is 337 g/mol. The van der Waals surface area contributed by atoms with E-state index in [1.807, 2.05) is 6.20 Å². The van der Waals surface area contributed by atoms with Gasteiger partial charge >= 0.3 is 5.97 Å². The number of H-pyrrole nitrogens is 1. The molecule has 114 valence electrons. The Hall–Kier alpha value is -1.85. The lowest BCUT2D eigenvalue weighted by Gasteiger charge is -2.03. The molecule has 2 heterocycles. The van der Waals surface area contributed by atoms with Gasteiger partial charge in [0, 0.05) is 17.1 Å². The first kappa shape index (κ1) is 15.1. The summed E-state index contributed by atoms with van der Waals surface area (Å²) in [4.78, 5) is 15.4. The van der Waals surface area contributed by atoms with Crippen molar-refractivity contribution in [3.05, 3.63) is 57.1 Å². The molecule has 0 saturated carbocycles. The third kappa shape index (κ3) is 3.31. The van der Waals surface area contributed by atoms with E-state index < -0.39 is 0 Å². The van der Waals surface area contributed by atoms with Crippen LogP contribution in [0.2, 0.25) is 4.34 Å². The van der Waals surface area contributed by atoms with Gasteiger partial charge in [-0.25, -0.2) is 9.18 Å². The molecule has 0 aliphatic rings. The lowest BCUT2D eigenvalue weighted by Crippen LogP contribution is -2.05. The van der Waals surface area contributed by atoms with E-state index >= 15 is 0 Å². The van der Waals surface area contributed by atoms with Gasteiger partial charge in [-0.05, 0) is 48.7 Å². The lowest BCUT2D eigenvalue weighted by molar-refractivity contribution is 0.0506. The SMILES string of the molecule is O=C(OCCCc1c[nH]c2ccc(F)cc12)c1ccc(Cl)s1. The predicted molar refractivity (Wildman–Crippen MR) is 86.2 cm³/mol. The molecule has 0 bridgehead atoms. The number of hydrogen-bond acceptors (Lipinski definition) is 3. The molecule has 0 radical (unpaired) electrons. The smallest absolute Gasteiger partial charge is 0.348 e. The van der Waals surface area contributed by atoms with Gasteiger partial charge in [-0.15, -0.1) is 11.3 Å². The lowest BCUT2D eigenvalue weighted by atomic mass is 10.1. The number of carbonyl (C=O) groups is 1. The van der Waals surface area contributed by atoms with Crippen LogP contribution in [0, 0.1) is 5.82 Å². The first-order chi connectivity index (χ1) is 10.6. The van der Waals surface area contributed by atoms with E-state index in [1.165, 1.54) is 23.5 Å². The molecular formula is C16H13ClFNO2S. The van der Waals surface area contributed by atoms with E-state index in [1.54, 1.807) is 18.2 Å². The van der Waals surface area contributed by atoms with E-state index in [-0.39, 0.29) is 11.8 Å².